The first kappa shape index (κ1) is 13.1. The van der Waals surface area contributed by atoms with Gasteiger partial charge in [0.1, 0.15) is 0 Å². The zero-order valence-corrected chi connectivity index (χ0v) is 11.9. The molecule has 1 aliphatic rings. The molecule has 1 aromatic carbocycles. The summed E-state index contributed by atoms with van der Waals surface area (Å²) < 4.78 is 0. The molecule has 1 aromatic heterocycles. The average Bonchev–Trinajstić information content (AvgIpc) is 2.92. The van der Waals surface area contributed by atoms with Gasteiger partial charge in [0.25, 0.3) is 0 Å². The molecule has 1 heterocycles. The third-order valence-electron chi connectivity index (χ3n) is 4.04. The van der Waals surface area contributed by atoms with Gasteiger partial charge in [-0.05, 0) is 31.4 Å². The fraction of sp³-hybridized carbons (Fsp3) is 0.412. The normalized spacial score (nSPS) is 15.7. The van der Waals surface area contributed by atoms with Crippen LogP contribution in [-0.2, 0) is 11.2 Å². The summed E-state index contributed by atoms with van der Waals surface area (Å²) in [5.41, 5.74) is 3.00. The molecule has 0 saturated heterocycles. The molecule has 1 saturated carbocycles. The molecule has 3 rings (SSSR count). The highest BCUT2D eigenvalue weighted by molar-refractivity contribution is 5.83. The molecule has 0 aliphatic heterocycles. The molecule has 20 heavy (non-hydrogen) atoms. The lowest BCUT2D eigenvalue weighted by Crippen LogP contribution is -2.33. The van der Waals surface area contributed by atoms with Crippen LogP contribution in [0.1, 0.15) is 36.9 Å². The summed E-state index contributed by atoms with van der Waals surface area (Å²) >= 11 is 0. The van der Waals surface area contributed by atoms with Gasteiger partial charge in [-0.25, -0.2) is 0 Å². The minimum absolute atomic E-state index is 0.0948. The van der Waals surface area contributed by atoms with Crippen molar-refractivity contribution in [1.29, 1.82) is 0 Å². The maximum atomic E-state index is 12.0. The van der Waals surface area contributed by atoms with Crippen molar-refractivity contribution in [2.24, 2.45) is 0 Å². The molecule has 0 radical (unpaired) electrons. The Morgan fingerprint density at radius 2 is 2.05 bits per heavy atom. The lowest BCUT2D eigenvalue weighted by atomic mass is 10.1. The number of amides is 1. The van der Waals surface area contributed by atoms with E-state index in [1.807, 2.05) is 18.2 Å². The van der Waals surface area contributed by atoms with E-state index < -0.39 is 0 Å². The van der Waals surface area contributed by atoms with Crippen LogP contribution in [-0.4, -0.2) is 16.9 Å². The Morgan fingerprint density at radius 1 is 1.25 bits per heavy atom. The molecule has 3 nitrogen and oxygen atoms in total. The van der Waals surface area contributed by atoms with E-state index in [1.54, 1.807) is 0 Å². The molecule has 2 aromatic rings. The van der Waals surface area contributed by atoms with Crippen LogP contribution in [0.5, 0.6) is 0 Å². The van der Waals surface area contributed by atoms with Crippen molar-refractivity contribution in [3.8, 4) is 0 Å². The third-order valence-corrected chi connectivity index (χ3v) is 4.04. The van der Waals surface area contributed by atoms with Crippen molar-refractivity contribution in [3.05, 3.63) is 41.6 Å². The first-order valence-electron chi connectivity index (χ1n) is 7.37. The number of nitrogens with zero attached hydrogens (tertiary/aromatic N) is 1. The highest BCUT2D eigenvalue weighted by Crippen LogP contribution is 2.18. The lowest BCUT2D eigenvalue weighted by molar-refractivity contribution is -0.121. The summed E-state index contributed by atoms with van der Waals surface area (Å²) in [5.74, 6) is 0.0948. The standard InChI is InChI=1S/C17H20N2O/c1-12-5-4-6-13-9-10-15(19-17(12)13)11-16(20)18-14-7-2-3-8-14/h4-6,9-10,14H,2-3,7-8,11H2,1H3,(H,18,20). The molecule has 1 N–H and O–H groups in total. The van der Waals surface area contributed by atoms with Crippen molar-refractivity contribution in [2.45, 2.75) is 45.1 Å². The monoisotopic (exact) mass is 268 g/mol. The van der Waals surface area contributed by atoms with Crippen molar-refractivity contribution >= 4 is 16.8 Å². The molecule has 1 fully saturated rings. The Morgan fingerprint density at radius 3 is 2.85 bits per heavy atom. The second kappa shape index (κ2) is 5.61. The second-order valence-corrected chi connectivity index (χ2v) is 5.67. The topological polar surface area (TPSA) is 42.0 Å². The number of aromatic nitrogens is 1. The van der Waals surface area contributed by atoms with Gasteiger partial charge >= 0.3 is 0 Å². The van der Waals surface area contributed by atoms with E-state index in [-0.39, 0.29) is 5.91 Å². The summed E-state index contributed by atoms with van der Waals surface area (Å²) in [7, 11) is 0. The van der Waals surface area contributed by atoms with Crippen molar-refractivity contribution in [3.63, 3.8) is 0 Å². The summed E-state index contributed by atoms with van der Waals surface area (Å²) in [6.07, 6.45) is 5.09. The average molecular weight is 268 g/mol. The summed E-state index contributed by atoms with van der Waals surface area (Å²) in [6.45, 7) is 2.05. The minimum atomic E-state index is 0.0948. The number of benzene rings is 1. The van der Waals surface area contributed by atoms with Gasteiger partial charge < -0.3 is 5.32 Å². The first-order chi connectivity index (χ1) is 9.72. The number of pyridine rings is 1. The van der Waals surface area contributed by atoms with Crippen LogP contribution >= 0.6 is 0 Å². The van der Waals surface area contributed by atoms with Crippen molar-refractivity contribution in [1.82, 2.24) is 10.3 Å². The zero-order valence-electron chi connectivity index (χ0n) is 11.9. The Hall–Kier alpha value is -1.90. The van der Waals surface area contributed by atoms with Gasteiger partial charge in [-0.2, -0.15) is 0 Å². The number of aryl methyl sites for hydroxylation is 1. The zero-order chi connectivity index (χ0) is 13.9. The van der Waals surface area contributed by atoms with E-state index >= 15 is 0 Å². The van der Waals surface area contributed by atoms with Crippen LogP contribution in [0.2, 0.25) is 0 Å². The van der Waals surface area contributed by atoms with E-state index in [0.29, 0.717) is 12.5 Å². The van der Waals surface area contributed by atoms with Crippen LogP contribution in [0.3, 0.4) is 0 Å². The smallest absolute Gasteiger partial charge is 0.226 e. The molecule has 0 unspecified atom stereocenters. The highest BCUT2D eigenvalue weighted by Gasteiger charge is 2.17. The number of carbonyl (C=O) groups is 1. The summed E-state index contributed by atoms with van der Waals surface area (Å²) in [4.78, 5) is 16.7. The number of nitrogens with one attached hydrogen (secondary N) is 1. The number of rotatable bonds is 3. The molecular weight excluding hydrogens is 248 g/mol. The van der Waals surface area contributed by atoms with Crippen LogP contribution in [0, 0.1) is 6.92 Å². The fourth-order valence-corrected chi connectivity index (χ4v) is 2.95. The molecule has 0 bridgehead atoms. The number of fused-ring (bicyclic) bond motifs is 1. The predicted octanol–water partition coefficient (Wildman–Crippen LogP) is 3.14. The van der Waals surface area contributed by atoms with E-state index in [9.17, 15) is 4.79 Å². The van der Waals surface area contributed by atoms with E-state index in [4.69, 9.17) is 0 Å². The molecule has 3 heteroatoms. The fourth-order valence-electron chi connectivity index (χ4n) is 2.95. The quantitative estimate of drug-likeness (QED) is 0.929. The lowest BCUT2D eigenvalue weighted by Gasteiger charge is -2.12. The Bertz CT molecular complexity index is 630. The summed E-state index contributed by atoms with van der Waals surface area (Å²) in [6, 6.07) is 10.5. The SMILES string of the molecule is Cc1cccc2ccc(CC(=O)NC3CCCC3)nc12. The van der Waals surface area contributed by atoms with Crippen LogP contribution in [0.25, 0.3) is 10.9 Å². The van der Waals surface area contributed by atoms with Crippen LogP contribution in [0.4, 0.5) is 0 Å². The number of para-hydroxylation sites is 1. The van der Waals surface area contributed by atoms with Gasteiger partial charge in [-0.1, -0.05) is 37.1 Å². The highest BCUT2D eigenvalue weighted by atomic mass is 16.1. The minimum Gasteiger partial charge on any atom is -0.353 e. The third kappa shape index (κ3) is 2.82. The maximum absolute atomic E-state index is 12.0. The molecule has 104 valence electrons. The second-order valence-electron chi connectivity index (χ2n) is 5.67. The van der Waals surface area contributed by atoms with E-state index in [1.165, 1.54) is 12.8 Å². The van der Waals surface area contributed by atoms with Gasteiger partial charge in [-0.3, -0.25) is 9.78 Å². The van der Waals surface area contributed by atoms with Crippen LogP contribution in [0.15, 0.2) is 30.3 Å². The van der Waals surface area contributed by atoms with Crippen LogP contribution < -0.4 is 5.32 Å². The Labute approximate surface area is 119 Å². The number of carbonyl (C=O) groups excluding carboxylic acids is 1. The largest absolute Gasteiger partial charge is 0.353 e. The molecular formula is C17H20N2O. The molecule has 1 aliphatic carbocycles. The first-order valence-corrected chi connectivity index (χ1v) is 7.37. The van der Waals surface area contributed by atoms with Gasteiger partial charge in [0, 0.05) is 11.4 Å². The number of hydrogen-bond donors (Lipinski definition) is 1. The Kier molecular flexibility index (Phi) is 3.68. The Balaban J connectivity index is 1.73. The van der Waals surface area contributed by atoms with Gasteiger partial charge in [0.2, 0.25) is 5.91 Å². The van der Waals surface area contributed by atoms with Gasteiger partial charge in [-0.15, -0.1) is 0 Å². The molecule has 0 spiro atoms. The van der Waals surface area contributed by atoms with E-state index in [0.717, 1.165) is 35.0 Å². The molecule has 1 amide bonds. The van der Waals surface area contributed by atoms with Crippen molar-refractivity contribution < 1.29 is 4.79 Å². The van der Waals surface area contributed by atoms with E-state index in [2.05, 4.69) is 29.4 Å². The van der Waals surface area contributed by atoms with Gasteiger partial charge in [0.15, 0.2) is 0 Å². The molecule has 0 atom stereocenters. The summed E-state index contributed by atoms with van der Waals surface area (Å²) in [5, 5.41) is 4.24. The number of hydrogen-bond acceptors (Lipinski definition) is 2. The van der Waals surface area contributed by atoms with Crippen molar-refractivity contribution in [2.75, 3.05) is 0 Å². The van der Waals surface area contributed by atoms with Gasteiger partial charge in [0.05, 0.1) is 17.6 Å². The maximum Gasteiger partial charge on any atom is 0.226 e. The predicted molar refractivity (Wildman–Crippen MR) is 80.6 cm³/mol.